The highest BCUT2D eigenvalue weighted by Crippen LogP contribution is 1.85. The van der Waals surface area contributed by atoms with E-state index >= 15 is 0 Å². The fourth-order valence-electron chi connectivity index (χ4n) is 0.226. The van der Waals surface area contributed by atoms with Gasteiger partial charge in [0.05, 0.1) is 0 Å². The van der Waals surface area contributed by atoms with Gasteiger partial charge in [0.25, 0.3) is 0 Å². The lowest BCUT2D eigenvalue weighted by atomic mass is 10.3. The molecule has 0 nitrogen and oxygen atoms in total. The molecule has 0 aromatic rings. The molecule has 0 aliphatic rings. The Morgan fingerprint density at radius 1 is 1.57 bits per heavy atom. The minimum atomic E-state index is 1.27. The summed E-state index contributed by atoms with van der Waals surface area (Å²) in [6.45, 7) is 7.48. The van der Waals surface area contributed by atoms with Gasteiger partial charge in [0.1, 0.15) is 0 Å². The predicted octanol–water partition coefficient (Wildman–Crippen LogP) is 2.29. The average Bonchev–Trinajstić information content (AvgIpc) is 1.61. The van der Waals surface area contributed by atoms with Crippen molar-refractivity contribution in [2.24, 2.45) is 0 Å². The molecule has 0 atom stereocenters. The van der Waals surface area contributed by atoms with Crippen LogP contribution in [0.15, 0.2) is 30.0 Å². The van der Waals surface area contributed by atoms with Crippen molar-refractivity contribution in [3.05, 3.63) is 30.0 Å². The Morgan fingerprint density at radius 2 is 2.14 bits per heavy atom. The maximum atomic E-state index is 3.41. The van der Waals surface area contributed by atoms with Gasteiger partial charge in [-0.15, -0.1) is 5.73 Å². The van der Waals surface area contributed by atoms with Gasteiger partial charge in [0.2, 0.25) is 0 Å². The van der Waals surface area contributed by atoms with E-state index in [1.165, 1.54) is 5.57 Å². The zero-order valence-electron chi connectivity index (χ0n) is 4.86. The summed E-state index contributed by atoms with van der Waals surface area (Å²) in [6.07, 6.45) is 3.77. The number of allylic oxidation sites excluding steroid dienone is 3. The summed E-state index contributed by atoms with van der Waals surface area (Å²) < 4.78 is 0. The van der Waals surface area contributed by atoms with Crippen molar-refractivity contribution in [3.63, 3.8) is 0 Å². The van der Waals surface area contributed by atoms with Crippen LogP contribution < -0.4 is 0 Å². The van der Waals surface area contributed by atoms with Gasteiger partial charge in [0, 0.05) is 0 Å². The molecule has 0 heteroatoms. The van der Waals surface area contributed by atoms with Crippen molar-refractivity contribution in [1.82, 2.24) is 0 Å². The second-order valence-electron chi connectivity index (χ2n) is 1.61. The van der Waals surface area contributed by atoms with Gasteiger partial charge in [-0.3, -0.25) is 0 Å². The minimum absolute atomic E-state index is 1.27. The largest absolute Gasteiger partial charge is 0.129 e. The molecule has 0 aromatic heterocycles. The maximum Gasteiger partial charge on any atom is -0.0207 e. The summed E-state index contributed by atoms with van der Waals surface area (Å²) in [5.41, 5.74) is 3.92. The highest BCUT2D eigenvalue weighted by molar-refractivity contribution is 5.06. The van der Waals surface area contributed by atoms with Gasteiger partial charge in [-0.05, 0) is 19.9 Å². The van der Waals surface area contributed by atoms with Gasteiger partial charge < -0.3 is 0 Å². The van der Waals surface area contributed by atoms with E-state index in [0.29, 0.717) is 0 Å². The molecule has 0 fully saturated rings. The van der Waals surface area contributed by atoms with E-state index in [9.17, 15) is 0 Å². The molecule has 0 saturated carbocycles. The highest BCUT2D eigenvalue weighted by Gasteiger charge is 1.64. The van der Waals surface area contributed by atoms with Crippen molar-refractivity contribution in [1.29, 1.82) is 0 Å². The first-order valence-electron chi connectivity index (χ1n) is 2.26. The molecule has 38 valence electrons. The fraction of sp³-hybridized carbons (Fsp3) is 0.286. The van der Waals surface area contributed by atoms with Crippen LogP contribution in [0.1, 0.15) is 13.8 Å². The Balaban J connectivity index is 3.69. The van der Waals surface area contributed by atoms with Crippen LogP contribution >= 0.6 is 0 Å². The Kier molecular flexibility index (Phi) is 3.09. The Bertz CT molecular complexity index is 108. The van der Waals surface area contributed by atoms with Crippen LogP contribution in [0.4, 0.5) is 0 Å². The molecule has 0 N–H and O–H groups in total. The Labute approximate surface area is 44.9 Å². The van der Waals surface area contributed by atoms with Crippen LogP contribution in [0.25, 0.3) is 0 Å². The molecule has 0 amide bonds. The summed E-state index contributed by atoms with van der Waals surface area (Å²) in [5, 5.41) is 0. The monoisotopic (exact) mass is 94.1 g/mol. The topological polar surface area (TPSA) is 0 Å². The van der Waals surface area contributed by atoms with Crippen LogP contribution in [0.3, 0.4) is 0 Å². The highest BCUT2D eigenvalue weighted by atomic mass is 13.7. The Morgan fingerprint density at radius 3 is 2.29 bits per heavy atom. The van der Waals surface area contributed by atoms with Crippen molar-refractivity contribution in [3.8, 4) is 0 Å². The molecule has 0 aliphatic carbocycles. The van der Waals surface area contributed by atoms with Crippen molar-refractivity contribution in [2.75, 3.05) is 0 Å². The van der Waals surface area contributed by atoms with Gasteiger partial charge in [0.15, 0.2) is 0 Å². The quantitative estimate of drug-likeness (QED) is 0.345. The van der Waals surface area contributed by atoms with Crippen LogP contribution in [-0.2, 0) is 0 Å². The first-order chi connectivity index (χ1) is 3.27. The zero-order chi connectivity index (χ0) is 5.70. The summed E-state index contributed by atoms with van der Waals surface area (Å²) >= 11 is 0. The van der Waals surface area contributed by atoms with E-state index in [2.05, 4.69) is 12.3 Å². The zero-order valence-corrected chi connectivity index (χ0v) is 4.86. The lowest BCUT2D eigenvalue weighted by molar-refractivity contribution is 1.39. The molecule has 0 heterocycles. The molecule has 7 heavy (non-hydrogen) atoms. The normalized spacial score (nSPS) is 6.57. The van der Waals surface area contributed by atoms with Gasteiger partial charge in [-0.25, -0.2) is 0 Å². The van der Waals surface area contributed by atoms with Crippen molar-refractivity contribution >= 4 is 0 Å². The first-order valence-corrected chi connectivity index (χ1v) is 2.26. The molecule has 0 saturated heterocycles. The third-order valence-electron chi connectivity index (χ3n) is 0.535. The summed E-state index contributed by atoms with van der Waals surface area (Å²) in [5.74, 6) is 0. The van der Waals surface area contributed by atoms with E-state index in [-0.39, 0.29) is 0 Å². The third-order valence-corrected chi connectivity index (χ3v) is 0.535. The van der Waals surface area contributed by atoms with E-state index in [4.69, 9.17) is 0 Å². The molecule has 0 rings (SSSR count). The smallest absolute Gasteiger partial charge is 0.0207 e. The second-order valence-corrected chi connectivity index (χ2v) is 1.61. The lowest BCUT2D eigenvalue weighted by Crippen LogP contribution is -1.55. The standard InChI is InChI=1S/C7H10/c1-4-5-6-7(2)3/h5-6H,1H2,2-3H3. The van der Waals surface area contributed by atoms with Gasteiger partial charge >= 0.3 is 0 Å². The van der Waals surface area contributed by atoms with E-state index in [0.717, 1.165) is 0 Å². The molecule has 0 bridgehead atoms. The van der Waals surface area contributed by atoms with Gasteiger partial charge in [-0.2, -0.15) is 0 Å². The average molecular weight is 94.2 g/mol. The van der Waals surface area contributed by atoms with Crippen LogP contribution in [0, 0.1) is 0 Å². The molecular weight excluding hydrogens is 84.1 g/mol. The molecule has 0 radical (unpaired) electrons. The van der Waals surface area contributed by atoms with Crippen molar-refractivity contribution in [2.45, 2.75) is 13.8 Å². The van der Waals surface area contributed by atoms with E-state index in [1.54, 1.807) is 6.08 Å². The second kappa shape index (κ2) is 3.45. The fourth-order valence-corrected chi connectivity index (χ4v) is 0.226. The molecule has 0 unspecified atom stereocenters. The lowest BCUT2D eigenvalue weighted by Gasteiger charge is -1.76. The third kappa shape index (κ3) is 5.26. The Hall–Kier alpha value is -0.740. The van der Waals surface area contributed by atoms with Crippen LogP contribution in [-0.4, -0.2) is 0 Å². The molecule has 0 aromatic carbocycles. The molecule has 0 aliphatic heterocycles. The SMILES string of the molecule is C=C=CC=C(C)C. The van der Waals surface area contributed by atoms with Crippen LogP contribution in [0.2, 0.25) is 0 Å². The summed E-state index contributed by atoms with van der Waals surface area (Å²) in [4.78, 5) is 0. The first kappa shape index (κ1) is 6.26. The van der Waals surface area contributed by atoms with Gasteiger partial charge in [-0.1, -0.05) is 18.2 Å². The molecule has 0 spiro atoms. The minimum Gasteiger partial charge on any atom is -0.129 e. The molecular formula is C7H10. The summed E-state index contributed by atoms with van der Waals surface area (Å²) in [7, 11) is 0. The van der Waals surface area contributed by atoms with E-state index < -0.39 is 0 Å². The number of hydrogen-bond acceptors (Lipinski definition) is 0. The predicted molar refractivity (Wildman–Crippen MR) is 33.1 cm³/mol. The van der Waals surface area contributed by atoms with Crippen molar-refractivity contribution < 1.29 is 0 Å². The van der Waals surface area contributed by atoms with E-state index in [1.807, 2.05) is 19.9 Å². The number of hydrogen-bond donors (Lipinski definition) is 0. The van der Waals surface area contributed by atoms with Crippen LogP contribution in [0.5, 0.6) is 0 Å². The number of rotatable bonds is 1. The maximum absolute atomic E-state index is 3.41. The summed E-state index contributed by atoms with van der Waals surface area (Å²) in [6, 6.07) is 0.